The Morgan fingerprint density at radius 2 is 1.65 bits per heavy atom. The number of unbranched alkanes of at least 4 members (excludes halogenated alkanes) is 1. The van der Waals surface area contributed by atoms with Gasteiger partial charge in [0.2, 0.25) is 0 Å². The molecule has 0 aliphatic rings. The molecule has 0 unspecified atom stereocenters. The lowest BCUT2D eigenvalue weighted by atomic mass is 10.1. The van der Waals surface area contributed by atoms with E-state index < -0.39 is 0 Å². The van der Waals surface area contributed by atoms with Gasteiger partial charge in [-0.15, -0.1) is 0 Å². The van der Waals surface area contributed by atoms with Crippen LogP contribution in [0.25, 0.3) is 0 Å². The summed E-state index contributed by atoms with van der Waals surface area (Å²) in [6.07, 6.45) is 3.98. The molecule has 0 N–H and O–H groups in total. The maximum atomic E-state index is 5.64. The summed E-state index contributed by atoms with van der Waals surface area (Å²) in [5.41, 5.74) is 2.60. The van der Waals surface area contributed by atoms with Gasteiger partial charge in [-0.25, -0.2) is 0 Å². The molecule has 0 radical (unpaired) electrons. The monoisotopic (exact) mass is 236 g/mol. The van der Waals surface area contributed by atoms with Gasteiger partial charge in [-0.2, -0.15) is 0 Å². The average molecular weight is 236 g/mol. The minimum atomic E-state index is 0.256. The fraction of sp³-hybridized carbons (Fsp3) is 0.625. The van der Waals surface area contributed by atoms with E-state index in [-0.39, 0.29) is 6.10 Å². The van der Waals surface area contributed by atoms with Crippen LogP contribution in [0.1, 0.15) is 58.6 Å². The summed E-state index contributed by atoms with van der Waals surface area (Å²) in [5.74, 6) is 1.01. The maximum absolute atomic E-state index is 5.64. The summed E-state index contributed by atoms with van der Waals surface area (Å²) in [6, 6.07) is 6.39. The van der Waals surface area contributed by atoms with Crippen LogP contribution in [0.15, 0.2) is 18.2 Å². The Hall–Kier alpha value is -0.980. The summed E-state index contributed by atoms with van der Waals surface area (Å²) in [4.78, 5) is 0. The second-order valence-corrected chi connectivity index (χ2v) is 4.62. The van der Waals surface area contributed by atoms with Crippen LogP contribution in [0.3, 0.4) is 0 Å². The highest BCUT2D eigenvalue weighted by Gasteiger charge is 2.01. The summed E-state index contributed by atoms with van der Waals surface area (Å²) >= 11 is 0. The van der Waals surface area contributed by atoms with Crippen LogP contribution in [0.2, 0.25) is 0 Å². The third-order valence-electron chi connectivity index (χ3n) is 2.51. The first kappa shape index (κ1) is 16.0. The molecule has 0 amide bonds. The molecule has 1 heteroatoms. The predicted molar refractivity (Wildman–Crippen MR) is 76.9 cm³/mol. The van der Waals surface area contributed by atoms with Gasteiger partial charge in [0.05, 0.1) is 6.10 Å². The Morgan fingerprint density at radius 3 is 2.00 bits per heavy atom. The van der Waals surface area contributed by atoms with Gasteiger partial charge in [-0.1, -0.05) is 45.7 Å². The maximum Gasteiger partial charge on any atom is 0.122 e. The van der Waals surface area contributed by atoms with Crippen LogP contribution >= 0.6 is 0 Å². The van der Waals surface area contributed by atoms with Crippen molar-refractivity contribution < 1.29 is 4.74 Å². The zero-order valence-corrected chi connectivity index (χ0v) is 12.3. The van der Waals surface area contributed by atoms with E-state index in [9.17, 15) is 0 Å². The van der Waals surface area contributed by atoms with Crippen molar-refractivity contribution in [2.75, 3.05) is 0 Å². The molecule has 1 nitrogen and oxygen atoms in total. The van der Waals surface area contributed by atoms with Gasteiger partial charge in [0.25, 0.3) is 0 Å². The quantitative estimate of drug-likeness (QED) is 0.702. The minimum Gasteiger partial charge on any atom is -0.491 e. The van der Waals surface area contributed by atoms with E-state index in [1.807, 2.05) is 13.8 Å². The van der Waals surface area contributed by atoms with E-state index in [0.717, 1.165) is 12.2 Å². The first-order valence-corrected chi connectivity index (χ1v) is 6.81. The van der Waals surface area contributed by atoms with Crippen molar-refractivity contribution in [1.82, 2.24) is 0 Å². The predicted octanol–water partition coefficient (Wildman–Crippen LogP) is 5.15. The van der Waals surface area contributed by atoms with E-state index in [1.54, 1.807) is 0 Å². The first-order valence-electron chi connectivity index (χ1n) is 6.81. The molecule has 98 valence electrons. The highest BCUT2D eigenvalue weighted by atomic mass is 16.5. The number of benzene rings is 1. The minimum absolute atomic E-state index is 0.256. The van der Waals surface area contributed by atoms with E-state index >= 15 is 0 Å². The topological polar surface area (TPSA) is 9.23 Å². The van der Waals surface area contributed by atoms with Gasteiger partial charge in [0.1, 0.15) is 5.75 Å². The van der Waals surface area contributed by atoms with Gasteiger partial charge < -0.3 is 4.74 Å². The number of ether oxygens (including phenoxy) is 1. The number of hydrogen-bond donors (Lipinski definition) is 0. The summed E-state index contributed by atoms with van der Waals surface area (Å²) in [6.45, 7) is 12.7. The highest BCUT2D eigenvalue weighted by molar-refractivity contribution is 5.36. The molecule has 0 aromatic heterocycles. The van der Waals surface area contributed by atoms with E-state index in [2.05, 4.69) is 45.9 Å². The normalized spacial score (nSPS) is 9.82. The first-order chi connectivity index (χ1) is 8.04. The molecular formula is C16H28O. The van der Waals surface area contributed by atoms with Crippen molar-refractivity contribution in [3.63, 3.8) is 0 Å². The third-order valence-corrected chi connectivity index (χ3v) is 2.51. The van der Waals surface area contributed by atoms with Gasteiger partial charge >= 0.3 is 0 Å². The molecular weight excluding hydrogens is 208 g/mol. The molecule has 0 saturated heterocycles. The van der Waals surface area contributed by atoms with Crippen molar-refractivity contribution >= 4 is 0 Å². The molecule has 0 heterocycles. The van der Waals surface area contributed by atoms with E-state index in [4.69, 9.17) is 4.74 Å². The molecule has 0 fully saturated rings. The van der Waals surface area contributed by atoms with Crippen LogP contribution in [-0.2, 0) is 6.42 Å². The van der Waals surface area contributed by atoms with Crippen molar-refractivity contribution in [3.8, 4) is 5.75 Å². The van der Waals surface area contributed by atoms with Crippen molar-refractivity contribution in [3.05, 3.63) is 29.3 Å². The SMILES string of the molecule is CCCC.CCc1ccc(OC(C)C)c(C)c1. The lowest BCUT2D eigenvalue weighted by Gasteiger charge is -2.12. The largest absolute Gasteiger partial charge is 0.491 e. The molecule has 1 aromatic rings. The smallest absolute Gasteiger partial charge is 0.122 e. The second kappa shape index (κ2) is 9.09. The van der Waals surface area contributed by atoms with Crippen molar-refractivity contribution in [2.45, 2.75) is 66.9 Å². The van der Waals surface area contributed by atoms with Crippen LogP contribution in [0.5, 0.6) is 5.75 Å². The highest BCUT2D eigenvalue weighted by Crippen LogP contribution is 2.20. The lowest BCUT2D eigenvalue weighted by Crippen LogP contribution is -2.06. The standard InChI is InChI=1S/C12H18O.C4H10/c1-5-11-6-7-12(10(4)8-11)13-9(2)3;1-3-4-2/h6-9H,5H2,1-4H3;3-4H2,1-2H3. The Labute approximate surface area is 107 Å². The summed E-state index contributed by atoms with van der Waals surface area (Å²) in [5, 5.41) is 0. The Kier molecular flexibility index (Phi) is 8.57. The molecule has 0 aliphatic heterocycles. The van der Waals surface area contributed by atoms with Crippen molar-refractivity contribution in [2.24, 2.45) is 0 Å². The van der Waals surface area contributed by atoms with Crippen LogP contribution in [0, 0.1) is 6.92 Å². The zero-order chi connectivity index (χ0) is 13.3. The Morgan fingerprint density at radius 1 is 1.06 bits per heavy atom. The fourth-order valence-corrected chi connectivity index (χ4v) is 1.32. The molecule has 17 heavy (non-hydrogen) atoms. The van der Waals surface area contributed by atoms with Gasteiger partial charge in [-0.3, -0.25) is 0 Å². The van der Waals surface area contributed by atoms with Gasteiger partial charge in [0.15, 0.2) is 0 Å². The zero-order valence-electron chi connectivity index (χ0n) is 12.3. The van der Waals surface area contributed by atoms with Gasteiger partial charge in [0, 0.05) is 0 Å². The van der Waals surface area contributed by atoms with Crippen LogP contribution in [-0.4, -0.2) is 6.10 Å². The van der Waals surface area contributed by atoms with Crippen LogP contribution in [0.4, 0.5) is 0 Å². The third kappa shape index (κ3) is 7.04. The summed E-state index contributed by atoms with van der Waals surface area (Å²) < 4.78 is 5.64. The molecule has 0 bridgehead atoms. The van der Waals surface area contributed by atoms with Crippen LogP contribution < -0.4 is 4.74 Å². The lowest BCUT2D eigenvalue weighted by molar-refractivity contribution is 0.240. The van der Waals surface area contributed by atoms with E-state index in [0.29, 0.717) is 0 Å². The average Bonchev–Trinajstić information content (AvgIpc) is 2.31. The molecule has 0 spiro atoms. The molecule has 1 aromatic carbocycles. The number of rotatable bonds is 4. The fourth-order valence-electron chi connectivity index (χ4n) is 1.32. The number of aryl methyl sites for hydroxylation is 2. The van der Waals surface area contributed by atoms with Gasteiger partial charge in [-0.05, 0) is 44.4 Å². The van der Waals surface area contributed by atoms with E-state index in [1.165, 1.54) is 24.0 Å². The summed E-state index contributed by atoms with van der Waals surface area (Å²) in [7, 11) is 0. The number of hydrogen-bond acceptors (Lipinski definition) is 1. The Balaban J connectivity index is 0.000000557. The molecule has 0 atom stereocenters. The molecule has 0 saturated carbocycles. The second-order valence-electron chi connectivity index (χ2n) is 4.62. The molecule has 1 rings (SSSR count). The van der Waals surface area contributed by atoms with Crippen molar-refractivity contribution in [1.29, 1.82) is 0 Å². The molecule has 0 aliphatic carbocycles. The Bertz CT molecular complexity index is 300.